The summed E-state index contributed by atoms with van der Waals surface area (Å²) in [5.74, 6) is 0. The van der Waals surface area contributed by atoms with E-state index in [1.165, 1.54) is 6.42 Å². The molecule has 3 atom stereocenters. The van der Waals surface area contributed by atoms with Crippen molar-refractivity contribution in [3.8, 4) is 0 Å². The summed E-state index contributed by atoms with van der Waals surface area (Å²) in [6.07, 6.45) is 5.90. The lowest BCUT2D eigenvalue weighted by Gasteiger charge is -2.36. The number of aromatic nitrogens is 1. The summed E-state index contributed by atoms with van der Waals surface area (Å²) >= 11 is 0. The molecule has 1 saturated carbocycles. The third kappa shape index (κ3) is 2.82. The minimum Gasteiger partial charge on any atom is -0.391 e. The van der Waals surface area contributed by atoms with Gasteiger partial charge in [0.25, 0.3) is 0 Å². The molecule has 1 fully saturated rings. The smallest absolute Gasteiger partial charge is 0.0743 e. The third-order valence-corrected chi connectivity index (χ3v) is 3.84. The van der Waals surface area contributed by atoms with Gasteiger partial charge in [0.15, 0.2) is 0 Å². The monoisotopic (exact) mass is 249 g/mol. The molecule has 1 aliphatic rings. The molecule has 2 unspecified atom stereocenters. The lowest BCUT2D eigenvalue weighted by Crippen LogP contribution is -2.43. The van der Waals surface area contributed by atoms with Gasteiger partial charge in [0, 0.05) is 13.1 Å². The van der Waals surface area contributed by atoms with E-state index in [4.69, 9.17) is 5.73 Å². The molecular formula is C14H23N3O. The molecule has 4 heteroatoms. The molecule has 4 nitrogen and oxygen atoms in total. The summed E-state index contributed by atoms with van der Waals surface area (Å²) in [6, 6.07) is 4.17. The van der Waals surface area contributed by atoms with Crippen molar-refractivity contribution in [3.63, 3.8) is 0 Å². The molecule has 2 rings (SSSR count). The van der Waals surface area contributed by atoms with Gasteiger partial charge in [0.05, 0.1) is 29.7 Å². The molecule has 1 heterocycles. The molecule has 100 valence electrons. The lowest BCUT2D eigenvalue weighted by atomic mass is 9.91. The SMILES string of the molecule is C[C@@H](N)c1ccc(N(C)C2CCCCC2O)cn1. The minimum absolute atomic E-state index is 0.0374. The number of pyridine rings is 1. The van der Waals surface area contributed by atoms with Crippen molar-refractivity contribution in [2.24, 2.45) is 5.73 Å². The lowest BCUT2D eigenvalue weighted by molar-refractivity contribution is 0.106. The fourth-order valence-corrected chi connectivity index (χ4v) is 2.61. The summed E-state index contributed by atoms with van der Waals surface area (Å²) in [6.45, 7) is 1.93. The van der Waals surface area contributed by atoms with Crippen molar-refractivity contribution in [2.45, 2.75) is 50.8 Å². The molecule has 3 N–H and O–H groups in total. The Kier molecular flexibility index (Phi) is 4.19. The predicted molar refractivity (Wildman–Crippen MR) is 73.5 cm³/mol. The first kappa shape index (κ1) is 13.3. The second-order valence-electron chi connectivity index (χ2n) is 5.26. The number of aliphatic hydroxyl groups is 1. The molecule has 0 bridgehead atoms. The van der Waals surface area contributed by atoms with Crippen LogP contribution in [0.2, 0.25) is 0 Å². The average Bonchev–Trinajstić information content (AvgIpc) is 2.38. The Morgan fingerprint density at radius 2 is 2.11 bits per heavy atom. The molecule has 0 aliphatic heterocycles. The van der Waals surface area contributed by atoms with E-state index in [1.807, 2.05) is 32.3 Å². The van der Waals surface area contributed by atoms with Crippen molar-refractivity contribution < 1.29 is 5.11 Å². The molecular weight excluding hydrogens is 226 g/mol. The summed E-state index contributed by atoms with van der Waals surface area (Å²) in [4.78, 5) is 6.51. The van der Waals surface area contributed by atoms with Gasteiger partial charge in [0.2, 0.25) is 0 Å². The van der Waals surface area contributed by atoms with Crippen LogP contribution in [0.5, 0.6) is 0 Å². The fourth-order valence-electron chi connectivity index (χ4n) is 2.61. The number of likely N-dealkylation sites (N-methyl/N-ethyl adjacent to an activating group) is 1. The first-order valence-corrected chi connectivity index (χ1v) is 6.72. The van der Waals surface area contributed by atoms with Crippen molar-refractivity contribution in [2.75, 3.05) is 11.9 Å². The molecule has 0 saturated heterocycles. The van der Waals surface area contributed by atoms with Crippen LogP contribution in [0.3, 0.4) is 0 Å². The Labute approximate surface area is 109 Å². The molecule has 0 aromatic carbocycles. The van der Waals surface area contributed by atoms with Crippen LogP contribution in [-0.4, -0.2) is 29.3 Å². The molecule has 1 aromatic rings. The number of anilines is 1. The standard InChI is InChI=1S/C14H23N3O/c1-10(15)12-8-7-11(9-16-12)17(2)13-5-3-4-6-14(13)18/h7-10,13-14,18H,3-6,15H2,1-2H3/t10-,13?,14?/m1/s1. The van der Waals surface area contributed by atoms with Crippen LogP contribution in [0.15, 0.2) is 18.3 Å². The van der Waals surface area contributed by atoms with Crippen molar-refractivity contribution in [1.82, 2.24) is 4.98 Å². The molecule has 0 radical (unpaired) electrons. The highest BCUT2D eigenvalue weighted by atomic mass is 16.3. The van der Waals surface area contributed by atoms with E-state index in [2.05, 4.69) is 9.88 Å². The second-order valence-corrected chi connectivity index (χ2v) is 5.26. The van der Waals surface area contributed by atoms with Crippen LogP contribution in [0, 0.1) is 0 Å². The number of nitrogens with zero attached hydrogens (tertiary/aromatic N) is 2. The van der Waals surface area contributed by atoms with Crippen molar-refractivity contribution in [3.05, 3.63) is 24.0 Å². The summed E-state index contributed by atoms with van der Waals surface area (Å²) in [5.41, 5.74) is 7.73. The Hall–Kier alpha value is -1.13. The molecule has 1 aliphatic carbocycles. The van der Waals surface area contributed by atoms with Gasteiger partial charge in [-0.15, -0.1) is 0 Å². The van der Waals surface area contributed by atoms with E-state index in [-0.39, 0.29) is 18.2 Å². The van der Waals surface area contributed by atoms with Gasteiger partial charge in [-0.05, 0) is 31.9 Å². The summed E-state index contributed by atoms with van der Waals surface area (Å²) in [7, 11) is 2.03. The highest BCUT2D eigenvalue weighted by Gasteiger charge is 2.26. The highest BCUT2D eigenvalue weighted by molar-refractivity contribution is 5.45. The predicted octanol–water partition coefficient (Wildman–Crippen LogP) is 1.84. The Balaban J connectivity index is 2.10. The van der Waals surface area contributed by atoms with Crippen LogP contribution < -0.4 is 10.6 Å². The van der Waals surface area contributed by atoms with Crippen molar-refractivity contribution >= 4 is 5.69 Å². The van der Waals surface area contributed by atoms with E-state index >= 15 is 0 Å². The Bertz CT molecular complexity index is 377. The third-order valence-electron chi connectivity index (χ3n) is 3.84. The number of aliphatic hydroxyl groups excluding tert-OH is 1. The van der Waals surface area contributed by atoms with Gasteiger partial charge < -0.3 is 15.7 Å². The number of nitrogens with two attached hydrogens (primary N) is 1. The molecule has 18 heavy (non-hydrogen) atoms. The first-order valence-electron chi connectivity index (χ1n) is 6.72. The largest absolute Gasteiger partial charge is 0.391 e. The van der Waals surface area contributed by atoms with Gasteiger partial charge in [-0.25, -0.2) is 0 Å². The topological polar surface area (TPSA) is 62.4 Å². The maximum Gasteiger partial charge on any atom is 0.0743 e. The minimum atomic E-state index is -0.225. The van der Waals surface area contributed by atoms with Crippen LogP contribution in [-0.2, 0) is 0 Å². The van der Waals surface area contributed by atoms with Crippen LogP contribution >= 0.6 is 0 Å². The maximum atomic E-state index is 10.1. The Morgan fingerprint density at radius 1 is 1.39 bits per heavy atom. The number of rotatable bonds is 3. The first-order chi connectivity index (χ1) is 8.59. The summed E-state index contributed by atoms with van der Waals surface area (Å²) < 4.78 is 0. The van der Waals surface area contributed by atoms with Gasteiger partial charge in [-0.1, -0.05) is 12.8 Å². The zero-order valence-electron chi connectivity index (χ0n) is 11.2. The van der Waals surface area contributed by atoms with Crippen LogP contribution in [0.4, 0.5) is 5.69 Å². The number of hydrogen-bond donors (Lipinski definition) is 2. The average molecular weight is 249 g/mol. The highest BCUT2D eigenvalue weighted by Crippen LogP contribution is 2.26. The van der Waals surface area contributed by atoms with Crippen molar-refractivity contribution in [1.29, 1.82) is 0 Å². The normalized spacial score (nSPS) is 25.8. The van der Waals surface area contributed by atoms with Gasteiger partial charge in [0.1, 0.15) is 0 Å². The molecule has 0 amide bonds. The van der Waals surface area contributed by atoms with E-state index in [0.29, 0.717) is 0 Å². The number of hydrogen-bond acceptors (Lipinski definition) is 4. The summed E-state index contributed by atoms with van der Waals surface area (Å²) in [5, 5.41) is 10.1. The van der Waals surface area contributed by atoms with Gasteiger partial charge >= 0.3 is 0 Å². The van der Waals surface area contributed by atoms with Crippen LogP contribution in [0.25, 0.3) is 0 Å². The molecule has 1 aromatic heterocycles. The zero-order chi connectivity index (χ0) is 13.1. The van der Waals surface area contributed by atoms with E-state index in [9.17, 15) is 5.11 Å². The fraction of sp³-hybridized carbons (Fsp3) is 0.643. The Morgan fingerprint density at radius 3 is 2.67 bits per heavy atom. The molecule has 0 spiro atoms. The zero-order valence-corrected chi connectivity index (χ0v) is 11.2. The van der Waals surface area contributed by atoms with E-state index in [0.717, 1.165) is 30.6 Å². The van der Waals surface area contributed by atoms with E-state index < -0.39 is 0 Å². The quantitative estimate of drug-likeness (QED) is 0.858. The van der Waals surface area contributed by atoms with E-state index in [1.54, 1.807) is 0 Å². The maximum absolute atomic E-state index is 10.1. The van der Waals surface area contributed by atoms with Gasteiger partial charge in [-0.3, -0.25) is 4.98 Å². The second kappa shape index (κ2) is 5.67. The van der Waals surface area contributed by atoms with Crippen LogP contribution in [0.1, 0.15) is 44.3 Å². The van der Waals surface area contributed by atoms with Gasteiger partial charge in [-0.2, -0.15) is 0 Å².